The summed E-state index contributed by atoms with van der Waals surface area (Å²) >= 11 is 3.46. The highest BCUT2D eigenvalue weighted by Crippen LogP contribution is 2.23. The number of hydrogen-bond donors (Lipinski definition) is 1. The van der Waals surface area contributed by atoms with Crippen molar-refractivity contribution >= 4 is 33.4 Å². The van der Waals surface area contributed by atoms with Gasteiger partial charge in [0.05, 0.1) is 0 Å². The zero-order valence-electron chi connectivity index (χ0n) is 14.1. The van der Waals surface area contributed by atoms with Gasteiger partial charge in [-0.05, 0) is 42.7 Å². The second kappa shape index (κ2) is 8.11. The summed E-state index contributed by atoms with van der Waals surface area (Å²) in [6.07, 6.45) is 0. The van der Waals surface area contributed by atoms with Crippen molar-refractivity contribution in [2.75, 3.05) is 11.4 Å². The predicted octanol–water partition coefficient (Wildman–Crippen LogP) is 3.74. The fourth-order valence-electron chi connectivity index (χ4n) is 2.34. The quantitative estimate of drug-likeness (QED) is 0.847. The van der Waals surface area contributed by atoms with Gasteiger partial charge >= 0.3 is 0 Å². The van der Waals surface area contributed by atoms with E-state index < -0.39 is 0 Å². The third-order valence-electron chi connectivity index (χ3n) is 3.89. The normalized spacial score (nSPS) is 10.3. The molecule has 126 valence electrons. The second-order valence-corrected chi connectivity index (χ2v) is 6.60. The van der Waals surface area contributed by atoms with Crippen LogP contribution in [0.15, 0.2) is 46.9 Å². The molecule has 1 N–H and O–H groups in total. The molecule has 0 fully saturated rings. The number of halogens is 1. The molecule has 0 saturated heterocycles. The first kappa shape index (κ1) is 18.2. The number of rotatable bonds is 5. The average Bonchev–Trinajstić information content (AvgIpc) is 2.54. The first-order valence-corrected chi connectivity index (χ1v) is 8.53. The van der Waals surface area contributed by atoms with Gasteiger partial charge in [-0.2, -0.15) is 0 Å². The van der Waals surface area contributed by atoms with Crippen molar-refractivity contribution in [1.82, 2.24) is 5.32 Å². The van der Waals surface area contributed by atoms with Crippen molar-refractivity contribution in [3.05, 3.63) is 63.6 Å². The number of aryl methyl sites for hydroxylation is 2. The standard InChI is InChI=1S/C19H21BrN2O2/c1-13-6-4-5-7-16(13)11-21-19(24)12-22(15(3)23)17-9-8-14(2)18(20)10-17/h4-10H,11-12H2,1-3H3,(H,21,24). The third kappa shape index (κ3) is 4.68. The molecule has 0 aromatic heterocycles. The van der Waals surface area contributed by atoms with Gasteiger partial charge in [0, 0.05) is 23.6 Å². The minimum atomic E-state index is -0.190. The number of nitrogens with one attached hydrogen (secondary N) is 1. The van der Waals surface area contributed by atoms with Crippen LogP contribution in [0.3, 0.4) is 0 Å². The van der Waals surface area contributed by atoms with Crippen LogP contribution in [0.1, 0.15) is 23.6 Å². The molecule has 0 unspecified atom stereocenters. The van der Waals surface area contributed by atoms with Gasteiger partial charge in [-0.3, -0.25) is 9.59 Å². The van der Waals surface area contributed by atoms with Crippen molar-refractivity contribution in [1.29, 1.82) is 0 Å². The highest BCUT2D eigenvalue weighted by atomic mass is 79.9. The Hall–Kier alpha value is -2.14. The maximum absolute atomic E-state index is 12.3. The maximum atomic E-state index is 12.3. The number of carbonyl (C=O) groups is 2. The number of anilines is 1. The smallest absolute Gasteiger partial charge is 0.240 e. The molecular formula is C19H21BrN2O2. The molecule has 2 aromatic rings. The van der Waals surface area contributed by atoms with Crippen LogP contribution in [-0.2, 0) is 16.1 Å². The third-order valence-corrected chi connectivity index (χ3v) is 4.74. The molecule has 0 spiro atoms. The number of benzene rings is 2. The molecule has 0 heterocycles. The van der Waals surface area contributed by atoms with Gasteiger partial charge in [0.2, 0.25) is 11.8 Å². The van der Waals surface area contributed by atoms with Crippen LogP contribution in [0.2, 0.25) is 0 Å². The summed E-state index contributed by atoms with van der Waals surface area (Å²) in [4.78, 5) is 25.7. The Balaban J connectivity index is 2.05. The van der Waals surface area contributed by atoms with Gasteiger partial charge < -0.3 is 10.2 Å². The van der Waals surface area contributed by atoms with Gasteiger partial charge in [0.15, 0.2) is 0 Å². The summed E-state index contributed by atoms with van der Waals surface area (Å²) in [5.41, 5.74) is 3.97. The molecule has 24 heavy (non-hydrogen) atoms. The minimum absolute atomic E-state index is 0.00326. The van der Waals surface area contributed by atoms with E-state index in [-0.39, 0.29) is 18.4 Å². The number of nitrogens with zero attached hydrogens (tertiary/aromatic N) is 1. The summed E-state index contributed by atoms with van der Waals surface area (Å²) < 4.78 is 0.909. The Labute approximate surface area is 151 Å². The van der Waals surface area contributed by atoms with E-state index in [0.29, 0.717) is 12.2 Å². The summed E-state index contributed by atoms with van der Waals surface area (Å²) in [5.74, 6) is -0.359. The minimum Gasteiger partial charge on any atom is -0.350 e. The molecule has 0 aliphatic carbocycles. The number of hydrogen-bond acceptors (Lipinski definition) is 2. The van der Waals surface area contributed by atoms with Crippen LogP contribution in [0.25, 0.3) is 0 Å². The molecule has 2 amide bonds. The Kier molecular flexibility index (Phi) is 6.15. The SMILES string of the molecule is CC(=O)N(CC(=O)NCc1ccccc1C)c1ccc(C)c(Br)c1. The molecule has 0 aliphatic rings. The Morgan fingerprint density at radius 2 is 1.79 bits per heavy atom. The van der Waals surface area contributed by atoms with E-state index in [4.69, 9.17) is 0 Å². The maximum Gasteiger partial charge on any atom is 0.240 e. The van der Waals surface area contributed by atoms with Gasteiger partial charge in [0.1, 0.15) is 6.54 Å². The van der Waals surface area contributed by atoms with E-state index in [1.165, 1.54) is 11.8 Å². The summed E-state index contributed by atoms with van der Waals surface area (Å²) in [6, 6.07) is 13.5. The van der Waals surface area contributed by atoms with Crippen LogP contribution < -0.4 is 10.2 Å². The van der Waals surface area contributed by atoms with E-state index in [9.17, 15) is 9.59 Å². The molecule has 2 rings (SSSR count). The molecule has 0 aliphatic heterocycles. The lowest BCUT2D eigenvalue weighted by Crippen LogP contribution is -2.39. The highest BCUT2D eigenvalue weighted by Gasteiger charge is 2.16. The number of amides is 2. The van der Waals surface area contributed by atoms with Crippen molar-refractivity contribution in [2.45, 2.75) is 27.3 Å². The Bertz CT molecular complexity index is 759. The molecule has 0 atom stereocenters. The average molecular weight is 389 g/mol. The summed E-state index contributed by atoms with van der Waals surface area (Å²) in [6.45, 7) is 5.89. The van der Waals surface area contributed by atoms with Gasteiger partial charge in [-0.25, -0.2) is 0 Å². The molecule has 2 aromatic carbocycles. The molecule has 0 saturated carbocycles. The van der Waals surface area contributed by atoms with E-state index in [1.54, 1.807) is 0 Å². The largest absolute Gasteiger partial charge is 0.350 e. The topological polar surface area (TPSA) is 49.4 Å². The second-order valence-electron chi connectivity index (χ2n) is 5.74. The first-order valence-electron chi connectivity index (χ1n) is 7.74. The lowest BCUT2D eigenvalue weighted by molar-refractivity contribution is -0.123. The van der Waals surface area contributed by atoms with Crippen molar-refractivity contribution < 1.29 is 9.59 Å². The van der Waals surface area contributed by atoms with Crippen LogP contribution >= 0.6 is 15.9 Å². The molecule has 4 nitrogen and oxygen atoms in total. The predicted molar refractivity (Wildman–Crippen MR) is 99.9 cm³/mol. The number of carbonyl (C=O) groups excluding carboxylic acids is 2. The van der Waals surface area contributed by atoms with Crippen LogP contribution in [0.4, 0.5) is 5.69 Å². The van der Waals surface area contributed by atoms with Gasteiger partial charge in [-0.15, -0.1) is 0 Å². The van der Waals surface area contributed by atoms with E-state index in [2.05, 4.69) is 21.2 Å². The molecule has 5 heteroatoms. The fraction of sp³-hybridized carbons (Fsp3) is 0.263. The summed E-state index contributed by atoms with van der Waals surface area (Å²) in [7, 11) is 0. The van der Waals surface area contributed by atoms with Crippen molar-refractivity contribution in [3.8, 4) is 0 Å². The molecule has 0 radical (unpaired) electrons. The van der Waals surface area contributed by atoms with Crippen LogP contribution in [0, 0.1) is 13.8 Å². The van der Waals surface area contributed by atoms with Crippen molar-refractivity contribution in [3.63, 3.8) is 0 Å². The van der Waals surface area contributed by atoms with E-state index >= 15 is 0 Å². The first-order chi connectivity index (χ1) is 11.4. The van der Waals surface area contributed by atoms with Crippen molar-refractivity contribution in [2.24, 2.45) is 0 Å². The zero-order valence-corrected chi connectivity index (χ0v) is 15.7. The van der Waals surface area contributed by atoms with E-state index in [0.717, 1.165) is 21.2 Å². The lowest BCUT2D eigenvalue weighted by atomic mass is 10.1. The lowest BCUT2D eigenvalue weighted by Gasteiger charge is -2.21. The molecule has 0 bridgehead atoms. The van der Waals surface area contributed by atoms with Crippen LogP contribution in [0.5, 0.6) is 0 Å². The zero-order chi connectivity index (χ0) is 17.7. The Morgan fingerprint density at radius 1 is 1.08 bits per heavy atom. The van der Waals surface area contributed by atoms with Gasteiger partial charge in [0.25, 0.3) is 0 Å². The van der Waals surface area contributed by atoms with E-state index in [1.807, 2.05) is 56.3 Å². The Morgan fingerprint density at radius 3 is 2.42 bits per heavy atom. The monoisotopic (exact) mass is 388 g/mol. The van der Waals surface area contributed by atoms with Crippen LogP contribution in [-0.4, -0.2) is 18.4 Å². The highest BCUT2D eigenvalue weighted by molar-refractivity contribution is 9.10. The fourth-order valence-corrected chi connectivity index (χ4v) is 2.70. The van der Waals surface area contributed by atoms with Gasteiger partial charge in [-0.1, -0.05) is 46.3 Å². The molecular weight excluding hydrogens is 368 g/mol. The summed E-state index contributed by atoms with van der Waals surface area (Å²) in [5, 5.41) is 2.88.